The van der Waals surface area contributed by atoms with Crippen LogP contribution in [0.5, 0.6) is 0 Å². The van der Waals surface area contributed by atoms with E-state index in [1.165, 1.54) is 6.20 Å². The number of rotatable bonds is 3. The van der Waals surface area contributed by atoms with Gasteiger partial charge in [-0.2, -0.15) is 0 Å². The molecule has 5 heterocycles. The van der Waals surface area contributed by atoms with Crippen molar-refractivity contribution in [2.75, 3.05) is 18.8 Å². The molecule has 2 aromatic heterocycles. The standard InChI is InChI=1S/C19H23N5O3/c1-11-16(12(2)27-22-11)10-24-15-4-3-14(19(24)26)8-23(9-15)18(25)13-5-6-21-17(20)7-13/h5-7,14-15H,3-4,8-10H2,1-2H3,(H2,20,21)/t14-,15+/m1/s1. The minimum atomic E-state index is -0.174. The third-order valence-corrected chi connectivity index (χ3v) is 5.62. The van der Waals surface area contributed by atoms with E-state index in [0.717, 1.165) is 29.9 Å². The Hall–Kier alpha value is -2.90. The summed E-state index contributed by atoms with van der Waals surface area (Å²) in [4.78, 5) is 33.6. The van der Waals surface area contributed by atoms with Crippen LogP contribution in [0.25, 0.3) is 0 Å². The number of aromatic nitrogens is 2. The molecule has 0 aromatic carbocycles. The second kappa shape index (κ2) is 6.68. The number of anilines is 1. The van der Waals surface area contributed by atoms with Crippen molar-refractivity contribution in [2.24, 2.45) is 5.92 Å². The Morgan fingerprint density at radius 2 is 2.15 bits per heavy atom. The molecular formula is C19H23N5O3. The quantitative estimate of drug-likeness (QED) is 0.880. The maximum absolute atomic E-state index is 13.0. The zero-order valence-corrected chi connectivity index (χ0v) is 15.5. The van der Waals surface area contributed by atoms with Gasteiger partial charge in [-0.15, -0.1) is 0 Å². The Balaban J connectivity index is 1.58. The Bertz CT molecular complexity index is 874. The number of amides is 2. The summed E-state index contributed by atoms with van der Waals surface area (Å²) in [5, 5.41) is 3.99. The molecule has 2 N–H and O–H groups in total. The highest BCUT2D eigenvalue weighted by Crippen LogP contribution is 2.32. The Labute approximate surface area is 157 Å². The number of pyridine rings is 1. The van der Waals surface area contributed by atoms with Crippen LogP contribution in [0.1, 0.15) is 40.2 Å². The molecule has 2 atom stereocenters. The van der Waals surface area contributed by atoms with E-state index < -0.39 is 0 Å². The van der Waals surface area contributed by atoms with Crippen molar-refractivity contribution >= 4 is 17.6 Å². The highest BCUT2D eigenvalue weighted by atomic mass is 16.5. The van der Waals surface area contributed by atoms with Gasteiger partial charge in [-0.3, -0.25) is 9.59 Å². The summed E-state index contributed by atoms with van der Waals surface area (Å²) >= 11 is 0. The largest absolute Gasteiger partial charge is 0.384 e. The molecule has 2 aromatic rings. The van der Waals surface area contributed by atoms with Crippen molar-refractivity contribution in [1.82, 2.24) is 19.9 Å². The SMILES string of the molecule is Cc1noc(C)c1CN1C(=O)[C@@H]2CC[C@H]1CN(C(=O)c1ccnc(N)c1)C2. The van der Waals surface area contributed by atoms with Crippen molar-refractivity contribution in [1.29, 1.82) is 0 Å². The van der Waals surface area contributed by atoms with Gasteiger partial charge in [-0.05, 0) is 38.8 Å². The zero-order chi connectivity index (χ0) is 19.1. The zero-order valence-electron chi connectivity index (χ0n) is 15.5. The molecule has 8 nitrogen and oxygen atoms in total. The van der Waals surface area contributed by atoms with E-state index in [2.05, 4.69) is 10.1 Å². The summed E-state index contributed by atoms with van der Waals surface area (Å²) in [6.45, 7) is 5.18. The summed E-state index contributed by atoms with van der Waals surface area (Å²) in [7, 11) is 0. The normalized spacial score (nSPS) is 22.2. The molecule has 8 heteroatoms. The maximum atomic E-state index is 13.0. The first-order chi connectivity index (χ1) is 12.9. The molecule has 3 aliphatic heterocycles. The van der Waals surface area contributed by atoms with E-state index in [1.807, 2.05) is 18.7 Å². The van der Waals surface area contributed by atoms with Gasteiger partial charge in [-0.1, -0.05) is 5.16 Å². The topological polar surface area (TPSA) is 106 Å². The van der Waals surface area contributed by atoms with Crippen LogP contribution in [0.4, 0.5) is 5.82 Å². The second-order valence-electron chi connectivity index (χ2n) is 7.38. The lowest BCUT2D eigenvalue weighted by molar-refractivity contribution is -0.140. The predicted molar refractivity (Wildman–Crippen MR) is 97.6 cm³/mol. The van der Waals surface area contributed by atoms with E-state index in [4.69, 9.17) is 10.3 Å². The Kier molecular flexibility index (Phi) is 4.33. The van der Waals surface area contributed by atoms with E-state index >= 15 is 0 Å². The van der Waals surface area contributed by atoms with Crippen LogP contribution in [0.15, 0.2) is 22.9 Å². The van der Waals surface area contributed by atoms with Crippen molar-refractivity contribution in [3.05, 3.63) is 40.9 Å². The van der Waals surface area contributed by atoms with Gasteiger partial charge in [0.05, 0.1) is 18.2 Å². The van der Waals surface area contributed by atoms with Crippen LogP contribution >= 0.6 is 0 Å². The molecule has 0 unspecified atom stereocenters. The second-order valence-corrected chi connectivity index (χ2v) is 7.38. The van der Waals surface area contributed by atoms with Gasteiger partial charge in [0.25, 0.3) is 5.91 Å². The molecule has 0 radical (unpaired) electrons. The van der Waals surface area contributed by atoms with Crippen LogP contribution in [-0.2, 0) is 11.3 Å². The van der Waals surface area contributed by atoms with Crippen molar-refractivity contribution in [3.8, 4) is 0 Å². The van der Waals surface area contributed by atoms with Gasteiger partial charge in [0.1, 0.15) is 11.6 Å². The van der Waals surface area contributed by atoms with E-state index in [9.17, 15) is 9.59 Å². The molecule has 3 saturated heterocycles. The molecule has 0 spiro atoms. The van der Waals surface area contributed by atoms with E-state index in [-0.39, 0.29) is 23.8 Å². The fraction of sp³-hybridized carbons (Fsp3) is 0.474. The van der Waals surface area contributed by atoms with Crippen LogP contribution in [0.2, 0.25) is 0 Å². The average Bonchev–Trinajstić information content (AvgIpc) is 2.82. The fourth-order valence-corrected chi connectivity index (χ4v) is 4.08. The maximum Gasteiger partial charge on any atom is 0.254 e. The number of hydrogen-bond donors (Lipinski definition) is 1. The number of hydrogen-bond acceptors (Lipinski definition) is 6. The summed E-state index contributed by atoms with van der Waals surface area (Å²) in [6.07, 6.45) is 3.23. The smallest absolute Gasteiger partial charge is 0.254 e. The van der Waals surface area contributed by atoms with Gasteiger partial charge in [0, 0.05) is 36.5 Å². The predicted octanol–water partition coefficient (Wildman–Crippen LogP) is 1.53. The summed E-state index contributed by atoms with van der Waals surface area (Å²) in [6, 6.07) is 3.24. The summed E-state index contributed by atoms with van der Waals surface area (Å²) < 4.78 is 5.24. The molecule has 3 fully saturated rings. The monoisotopic (exact) mass is 369 g/mol. The van der Waals surface area contributed by atoms with Crippen molar-refractivity contribution in [2.45, 2.75) is 39.3 Å². The van der Waals surface area contributed by atoms with Gasteiger partial charge in [0.2, 0.25) is 5.91 Å². The van der Waals surface area contributed by atoms with Crippen LogP contribution in [0.3, 0.4) is 0 Å². The molecule has 142 valence electrons. The molecular weight excluding hydrogens is 346 g/mol. The number of nitrogens with two attached hydrogens (primary N) is 1. The van der Waals surface area contributed by atoms with E-state index in [1.54, 1.807) is 17.0 Å². The lowest BCUT2D eigenvalue weighted by Gasteiger charge is -2.35. The van der Waals surface area contributed by atoms with Crippen LogP contribution in [0, 0.1) is 19.8 Å². The third kappa shape index (κ3) is 3.15. The number of fused-ring (bicyclic) bond motifs is 4. The number of nitrogen functional groups attached to an aromatic ring is 1. The first-order valence-electron chi connectivity index (χ1n) is 9.17. The summed E-state index contributed by atoms with van der Waals surface area (Å²) in [5.41, 5.74) is 7.98. The minimum Gasteiger partial charge on any atom is -0.384 e. The molecule has 27 heavy (non-hydrogen) atoms. The first-order valence-corrected chi connectivity index (χ1v) is 9.17. The first kappa shape index (κ1) is 17.5. The molecule has 2 bridgehead atoms. The van der Waals surface area contributed by atoms with Gasteiger partial charge in [-0.25, -0.2) is 4.98 Å². The molecule has 0 saturated carbocycles. The van der Waals surface area contributed by atoms with E-state index in [0.29, 0.717) is 31.0 Å². The lowest BCUT2D eigenvalue weighted by Crippen LogP contribution is -2.47. The highest BCUT2D eigenvalue weighted by Gasteiger charge is 2.42. The lowest BCUT2D eigenvalue weighted by atomic mass is 9.93. The number of nitrogens with zero attached hydrogens (tertiary/aromatic N) is 4. The molecule has 2 amide bonds. The Morgan fingerprint density at radius 3 is 2.85 bits per heavy atom. The van der Waals surface area contributed by atoms with Gasteiger partial charge >= 0.3 is 0 Å². The van der Waals surface area contributed by atoms with Crippen LogP contribution in [-0.4, -0.2) is 50.9 Å². The third-order valence-electron chi connectivity index (χ3n) is 5.62. The Morgan fingerprint density at radius 1 is 1.33 bits per heavy atom. The highest BCUT2D eigenvalue weighted by molar-refractivity contribution is 5.95. The summed E-state index contributed by atoms with van der Waals surface area (Å²) in [5.74, 6) is 0.881. The fourth-order valence-electron chi connectivity index (χ4n) is 4.08. The molecule has 3 aliphatic rings. The average molecular weight is 369 g/mol. The number of piperidine rings is 1. The van der Waals surface area contributed by atoms with Gasteiger partial charge < -0.3 is 20.1 Å². The van der Waals surface area contributed by atoms with Crippen LogP contribution < -0.4 is 5.73 Å². The van der Waals surface area contributed by atoms with Crippen molar-refractivity contribution < 1.29 is 14.1 Å². The van der Waals surface area contributed by atoms with Crippen molar-refractivity contribution in [3.63, 3.8) is 0 Å². The minimum absolute atomic E-state index is 0.00640. The molecule has 0 aliphatic carbocycles. The number of carbonyl (C=O) groups excluding carboxylic acids is 2. The number of aryl methyl sites for hydroxylation is 2. The molecule has 5 rings (SSSR count). The number of carbonyl (C=O) groups is 2. The van der Waals surface area contributed by atoms with Gasteiger partial charge in [0.15, 0.2) is 0 Å².